The lowest BCUT2D eigenvalue weighted by molar-refractivity contribution is 1.18. The average molecular weight is 173 g/mol. The lowest BCUT2D eigenvalue weighted by atomic mass is 10.3. The van der Waals surface area contributed by atoms with E-state index in [1.54, 1.807) is 0 Å². The molecular formula is C8H9ClS. The van der Waals surface area contributed by atoms with Gasteiger partial charge in [0.1, 0.15) is 0 Å². The molecule has 0 saturated heterocycles. The second kappa shape index (κ2) is 2.55. The zero-order valence-corrected chi connectivity index (χ0v) is 7.21. The number of thiophene rings is 1. The van der Waals surface area contributed by atoms with Crippen molar-refractivity contribution in [2.75, 3.05) is 0 Å². The maximum atomic E-state index is 5.68. The summed E-state index contributed by atoms with van der Waals surface area (Å²) in [6.45, 7) is 0. The van der Waals surface area contributed by atoms with Gasteiger partial charge in [-0.3, -0.25) is 0 Å². The van der Waals surface area contributed by atoms with E-state index in [4.69, 9.17) is 11.6 Å². The number of rotatable bonds is 2. The summed E-state index contributed by atoms with van der Waals surface area (Å²) in [4.78, 5) is 2.85. The normalized spacial score (nSPS) is 17.7. The van der Waals surface area contributed by atoms with Crippen LogP contribution in [-0.4, -0.2) is 0 Å². The van der Waals surface area contributed by atoms with Crippen LogP contribution in [0, 0.1) is 0 Å². The van der Waals surface area contributed by atoms with Crippen LogP contribution in [0.1, 0.15) is 28.5 Å². The molecule has 0 amide bonds. The van der Waals surface area contributed by atoms with Gasteiger partial charge < -0.3 is 0 Å². The van der Waals surface area contributed by atoms with Crippen molar-refractivity contribution in [1.29, 1.82) is 0 Å². The third-order valence-electron chi connectivity index (χ3n) is 1.79. The second-order valence-corrected chi connectivity index (χ2v) is 4.18. The topological polar surface area (TPSA) is 0 Å². The van der Waals surface area contributed by atoms with Crippen molar-refractivity contribution >= 4 is 22.9 Å². The smallest absolute Gasteiger partial charge is 0.0568 e. The molecule has 0 atom stereocenters. The minimum atomic E-state index is 0.678. The molecule has 0 unspecified atom stereocenters. The van der Waals surface area contributed by atoms with Crippen LogP contribution in [-0.2, 0) is 5.88 Å². The van der Waals surface area contributed by atoms with E-state index in [1.165, 1.54) is 22.6 Å². The average Bonchev–Trinajstić information content (AvgIpc) is 2.70. The van der Waals surface area contributed by atoms with Gasteiger partial charge in [-0.2, -0.15) is 0 Å². The Morgan fingerprint density at radius 1 is 1.50 bits per heavy atom. The largest absolute Gasteiger partial charge is 0.144 e. The van der Waals surface area contributed by atoms with Gasteiger partial charge in [0.25, 0.3) is 0 Å². The fourth-order valence-corrected chi connectivity index (χ4v) is 2.34. The third-order valence-corrected chi connectivity index (χ3v) is 3.49. The summed E-state index contributed by atoms with van der Waals surface area (Å²) in [6.07, 6.45) is 2.78. The number of hydrogen-bond acceptors (Lipinski definition) is 1. The Labute approximate surface area is 69.8 Å². The van der Waals surface area contributed by atoms with Gasteiger partial charge in [0.05, 0.1) is 5.88 Å². The van der Waals surface area contributed by atoms with Crippen LogP contribution in [0.15, 0.2) is 12.1 Å². The zero-order valence-electron chi connectivity index (χ0n) is 5.64. The van der Waals surface area contributed by atoms with Crippen LogP contribution in [0.25, 0.3) is 0 Å². The maximum absolute atomic E-state index is 5.68. The second-order valence-electron chi connectivity index (χ2n) is 2.71. The Balaban J connectivity index is 2.19. The molecule has 2 rings (SSSR count). The Morgan fingerprint density at radius 2 is 2.30 bits per heavy atom. The van der Waals surface area contributed by atoms with Gasteiger partial charge in [0, 0.05) is 9.75 Å². The first-order chi connectivity index (χ1) is 4.90. The van der Waals surface area contributed by atoms with Crippen molar-refractivity contribution in [3.05, 3.63) is 21.9 Å². The Bertz CT molecular complexity index is 225. The molecule has 1 aromatic heterocycles. The summed E-state index contributed by atoms with van der Waals surface area (Å²) in [5.74, 6) is 1.57. The highest BCUT2D eigenvalue weighted by atomic mass is 35.5. The molecule has 10 heavy (non-hydrogen) atoms. The number of hydrogen-bond donors (Lipinski definition) is 0. The van der Waals surface area contributed by atoms with Gasteiger partial charge >= 0.3 is 0 Å². The Morgan fingerprint density at radius 3 is 2.80 bits per heavy atom. The predicted octanol–water partition coefficient (Wildman–Crippen LogP) is 3.36. The molecule has 1 aliphatic rings. The van der Waals surface area contributed by atoms with Crippen LogP contribution < -0.4 is 0 Å². The first-order valence-electron chi connectivity index (χ1n) is 3.54. The Hall–Kier alpha value is -0.0100. The molecule has 0 N–H and O–H groups in total. The first kappa shape index (κ1) is 6.68. The molecule has 0 aromatic carbocycles. The maximum Gasteiger partial charge on any atom is 0.0568 e. The van der Waals surface area contributed by atoms with Crippen LogP contribution >= 0.6 is 22.9 Å². The molecule has 0 bridgehead atoms. The molecule has 0 aliphatic heterocycles. The number of alkyl halides is 1. The van der Waals surface area contributed by atoms with Crippen LogP contribution in [0.4, 0.5) is 0 Å². The molecule has 54 valence electrons. The predicted molar refractivity (Wildman–Crippen MR) is 45.9 cm³/mol. The molecular weight excluding hydrogens is 164 g/mol. The highest BCUT2D eigenvalue weighted by Crippen LogP contribution is 2.43. The van der Waals surface area contributed by atoms with Gasteiger partial charge in [-0.15, -0.1) is 22.9 Å². The van der Waals surface area contributed by atoms with E-state index in [-0.39, 0.29) is 0 Å². The lowest BCUT2D eigenvalue weighted by Gasteiger charge is -1.85. The van der Waals surface area contributed by atoms with E-state index in [2.05, 4.69) is 12.1 Å². The van der Waals surface area contributed by atoms with Gasteiger partial charge in [0.15, 0.2) is 0 Å². The quantitative estimate of drug-likeness (QED) is 0.601. The van der Waals surface area contributed by atoms with Crippen LogP contribution in [0.2, 0.25) is 0 Å². The molecule has 1 fully saturated rings. The van der Waals surface area contributed by atoms with E-state index < -0.39 is 0 Å². The van der Waals surface area contributed by atoms with Gasteiger partial charge in [-0.25, -0.2) is 0 Å². The van der Waals surface area contributed by atoms with E-state index >= 15 is 0 Å². The molecule has 0 nitrogen and oxygen atoms in total. The third kappa shape index (κ3) is 1.21. The van der Waals surface area contributed by atoms with Crippen molar-refractivity contribution in [1.82, 2.24) is 0 Å². The summed E-state index contributed by atoms with van der Waals surface area (Å²) in [7, 11) is 0. The van der Waals surface area contributed by atoms with E-state index in [1.807, 2.05) is 11.3 Å². The summed E-state index contributed by atoms with van der Waals surface area (Å²) in [5, 5.41) is 0. The molecule has 0 radical (unpaired) electrons. The fraction of sp³-hybridized carbons (Fsp3) is 0.500. The van der Waals surface area contributed by atoms with Gasteiger partial charge in [-0.1, -0.05) is 0 Å². The van der Waals surface area contributed by atoms with Crippen LogP contribution in [0.5, 0.6) is 0 Å². The monoisotopic (exact) mass is 172 g/mol. The molecule has 2 heteroatoms. The van der Waals surface area contributed by atoms with Crippen LogP contribution in [0.3, 0.4) is 0 Å². The molecule has 0 spiro atoms. The Kier molecular flexibility index (Phi) is 1.71. The summed E-state index contributed by atoms with van der Waals surface area (Å²) in [5.41, 5.74) is 0. The summed E-state index contributed by atoms with van der Waals surface area (Å²) >= 11 is 7.55. The summed E-state index contributed by atoms with van der Waals surface area (Å²) < 4.78 is 0. The van der Waals surface area contributed by atoms with Crippen molar-refractivity contribution in [3.8, 4) is 0 Å². The van der Waals surface area contributed by atoms with Crippen molar-refractivity contribution in [2.45, 2.75) is 24.6 Å². The standard InChI is InChI=1S/C8H9ClS/c9-5-7-3-4-8(10-7)6-1-2-6/h3-4,6H,1-2,5H2. The fourth-order valence-electron chi connectivity index (χ4n) is 1.05. The van der Waals surface area contributed by atoms with E-state index in [0.29, 0.717) is 5.88 Å². The zero-order chi connectivity index (χ0) is 6.97. The first-order valence-corrected chi connectivity index (χ1v) is 4.90. The van der Waals surface area contributed by atoms with E-state index in [0.717, 1.165) is 5.92 Å². The minimum Gasteiger partial charge on any atom is -0.144 e. The minimum absolute atomic E-state index is 0.678. The highest BCUT2D eigenvalue weighted by molar-refractivity contribution is 7.12. The van der Waals surface area contributed by atoms with Crippen molar-refractivity contribution in [2.24, 2.45) is 0 Å². The van der Waals surface area contributed by atoms with Gasteiger partial charge in [-0.05, 0) is 30.9 Å². The lowest BCUT2D eigenvalue weighted by Crippen LogP contribution is -1.64. The van der Waals surface area contributed by atoms with E-state index in [9.17, 15) is 0 Å². The SMILES string of the molecule is ClCc1ccc(C2CC2)s1. The summed E-state index contributed by atoms with van der Waals surface area (Å²) in [6, 6.07) is 4.37. The molecule has 1 saturated carbocycles. The molecule has 1 aliphatic carbocycles. The van der Waals surface area contributed by atoms with Gasteiger partial charge in [0.2, 0.25) is 0 Å². The van der Waals surface area contributed by atoms with Crippen molar-refractivity contribution in [3.63, 3.8) is 0 Å². The molecule has 1 aromatic rings. The van der Waals surface area contributed by atoms with Crippen molar-refractivity contribution < 1.29 is 0 Å². The highest BCUT2D eigenvalue weighted by Gasteiger charge is 2.24. The number of halogens is 1. The molecule has 1 heterocycles.